The zero-order valence-electron chi connectivity index (χ0n) is 6.73. The lowest BCUT2D eigenvalue weighted by atomic mass is 10.3. The molecule has 2 aromatic heterocycles. The van der Waals surface area contributed by atoms with Crippen molar-refractivity contribution >= 4 is 11.2 Å². The maximum Gasteiger partial charge on any atom is 0.180 e. The molecule has 0 aliphatic carbocycles. The summed E-state index contributed by atoms with van der Waals surface area (Å²) in [6.45, 7) is 5.66. The van der Waals surface area contributed by atoms with Gasteiger partial charge < -0.3 is 0 Å². The van der Waals surface area contributed by atoms with Crippen LogP contribution in [0.2, 0.25) is 0 Å². The number of hydrogen-bond donors (Lipinski definition) is 0. The van der Waals surface area contributed by atoms with E-state index in [2.05, 4.69) is 21.9 Å². The lowest BCUT2D eigenvalue weighted by Gasteiger charge is -1.93. The molecule has 2 aromatic rings. The molecule has 0 saturated carbocycles. The van der Waals surface area contributed by atoms with Crippen LogP contribution in [-0.2, 0) is 0 Å². The molecule has 2 heterocycles. The van der Waals surface area contributed by atoms with Crippen molar-refractivity contribution < 1.29 is 0 Å². The molecule has 0 radical (unpaired) electrons. The molecule has 2 rings (SSSR count). The number of rotatable bonds is 1. The molecule has 0 N–H and O–H groups in total. The van der Waals surface area contributed by atoms with Crippen molar-refractivity contribution in [2.45, 2.75) is 6.92 Å². The fourth-order valence-electron chi connectivity index (χ4n) is 1.01. The standard InChI is InChI=1S/C8H8N4/c1-6(2)8-11-10-7-4-3-5-9-12(7)8/h3-5H,1H2,2H3. The first-order chi connectivity index (χ1) is 5.79. The van der Waals surface area contributed by atoms with Crippen LogP contribution in [0.25, 0.3) is 11.2 Å². The summed E-state index contributed by atoms with van der Waals surface area (Å²) in [5.41, 5.74) is 1.61. The highest BCUT2D eigenvalue weighted by Gasteiger charge is 2.04. The summed E-state index contributed by atoms with van der Waals surface area (Å²) in [6.07, 6.45) is 1.70. The Morgan fingerprint density at radius 2 is 2.33 bits per heavy atom. The molecular formula is C8H8N4. The van der Waals surface area contributed by atoms with Crippen LogP contribution in [0.3, 0.4) is 0 Å². The molecule has 60 valence electrons. The van der Waals surface area contributed by atoms with Gasteiger partial charge in [-0.25, -0.2) is 0 Å². The quantitative estimate of drug-likeness (QED) is 0.628. The van der Waals surface area contributed by atoms with Gasteiger partial charge in [0.1, 0.15) is 0 Å². The third kappa shape index (κ3) is 0.887. The zero-order chi connectivity index (χ0) is 8.55. The maximum absolute atomic E-state index is 4.09. The maximum atomic E-state index is 4.09. The van der Waals surface area contributed by atoms with E-state index in [0.717, 1.165) is 11.2 Å². The van der Waals surface area contributed by atoms with Crippen molar-refractivity contribution in [2.75, 3.05) is 0 Å². The monoisotopic (exact) mass is 160 g/mol. The van der Waals surface area contributed by atoms with Crippen LogP contribution in [0.1, 0.15) is 12.7 Å². The summed E-state index contributed by atoms with van der Waals surface area (Å²) in [7, 11) is 0. The lowest BCUT2D eigenvalue weighted by molar-refractivity contribution is 0.905. The van der Waals surface area contributed by atoms with Gasteiger partial charge in [-0.3, -0.25) is 0 Å². The zero-order valence-corrected chi connectivity index (χ0v) is 6.73. The van der Waals surface area contributed by atoms with E-state index in [9.17, 15) is 0 Å². The van der Waals surface area contributed by atoms with Crippen molar-refractivity contribution in [1.82, 2.24) is 19.8 Å². The lowest BCUT2D eigenvalue weighted by Crippen LogP contribution is -1.94. The van der Waals surface area contributed by atoms with Gasteiger partial charge in [0, 0.05) is 6.20 Å². The van der Waals surface area contributed by atoms with Crippen LogP contribution in [0.4, 0.5) is 0 Å². The van der Waals surface area contributed by atoms with Crippen LogP contribution in [0, 0.1) is 0 Å². The minimum Gasteiger partial charge on any atom is -0.193 e. The Kier molecular flexibility index (Phi) is 1.40. The average molecular weight is 160 g/mol. The molecule has 0 atom stereocenters. The van der Waals surface area contributed by atoms with E-state index in [1.807, 2.05) is 19.1 Å². The van der Waals surface area contributed by atoms with Crippen LogP contribution in [0.5, 0.6) is 0 Å². The normalized spacial score (nSPS) is 10.4. The predicted molar refractivity (Wildman–Crippen MR) is 45.5 cm³/mol. The van der Waals surface area contributed by atoms with E-state index >= 15 is 0 Å². The van der Waals surface area contributed by atoms with E-state index in [1.165, 1.54) is 0 Å². The summed E-state index contributed by atoms with van der Waals surface area (Å²) in [6, 6.07) is 3.68. The molecule has 0 aliphatic rings. The molecule has 0 fully saturated rings. The van der Waals surface area contributed by atoms with Gasteiger partial charge in [-0.15, -0.1) is 10.2 Å². The van der Waals surface area contributed by atoms with Gasteiger partial charge in [0.25, 0.3) is 0 Å². The van der Waals surface area contributed by atoms with Crippen molar-refractivity contribution in [3.05, 3.63) is 30.7 Å². The molecular weight excluding hydrogens is 152 g/mol. The van der Waals surface area contributed by atoms with Gasteiger partial charge in [0.2, 0.25) is 0 Å². The summed E-state index contributed by atoms with van der Waals surface area (Å²) < 4.78 is 1.67. The SMILES string of the molecule is C=C(C)c1nnc2cccnn12. The fourth-order valence-corrected chi connectivity index (χ4v) is 1.01. The summed E-state index contributed by atoms with van der Waals surface area (Å²) in [5.74, 6) is 0.714. The first-order valence-corrected chi connectivity index (χ1v) is 3.61. The highest BCUT2D eigenvalue weighted by molar-refractivity contribution is 5.57. The van der Waals surface area contributed by atoms with E-state index < -0.39 is 0 Å². The Labute approximate surface area is 69.6 Å². The predicted octanol–water partition coefficient (Wildman–Crippen LogP) is 1.16. The molecule has 12 heavy (non-hydrogen) atoms. The topological polar surface area (TPSA) is 43.1 Å². The molecule has 0 saturated heterocycles. The van der Waals surface area contributed by atoms with Crippen molar-refractivity contribution in [3.63, 3.8) is 0 Å². The molecule has 0 amide bonds. The van der Waals surface area contributed by atoms with Crippen LogP contribution >= 0.6 is 0 Å². The van der Waals surface area contributed by atoms with Crippen molar-refractivity contribution in [1.29, 1.82) is 0 Å². The van der Waals surface area contributed by atoms with Crippen molar-refractivity contribution in [3.8, 4) is 0 Å². The largest absolute Gasteiger partial charge is 0.193 e. The van der Waals surface area contributed by atoms with Gasteiger partial charge in [0.15, 0.2) is 11.5 Å². The summed E-state index contributed by atoms with van der Waals surface area (Å²) in [5, 5.41) is 12.0. The Balaban J connectivity index is 2.79. The molecule has 0 unspecified atom stereocenters. The van der Waals surface area contributed by atoms with E-state index in [-0.39, 0.29) is 0 Å². The smallest absolute Gasteiger partial charge is 0.180 e. The Hall–Kier alpha value is -1.71. The number of allylic oxidation sites excluding steroid dienone is 1. The molecule has 0 bridgehead atoms. The molecule has 4 nitrogen and oxygen atoms in total. The number of fused-ring (bicyclic) bond motifs is 1. The van der Waals surface area contributed by atoms with Gasteiger partial charge in [-0.2, -0.15) is 9.61 Å². The van der Waals surface area contributed by atoms with E-state index in [0.29, 0.717) is 5.82 Å². The highest BCUT2D eigenvalue weighted by Crippen LogP contribution is 2.08. The van der Waals surface area contributed by atoms with Crippen LogP contribution < -0.4 is 0 Å². The second-order valence-electron chi connectivity index (χ2n) is 2.60. The van der Waals surface area contributed by atoms with Gasteiger partial charge >= 0.3 is 0 Å². The second-order valence-corrected chi connectivity index (χ2v) is 2.60. The Morgan fingerprint density at radius 3 is 3.08 bits per heavy atom. The number of aromatic nitrogens is 4. The Morgan fingerprint density at radius 1 is 1.50 bits per heavy atom. The summed E-state index contributed by atoms with van der Waals surface area (Å²) >= 11 is 0. The van der Waals surface area contributed by atoms with Gasteiger partial charge in [-0.1, -0.05) is 6.58 Å². The van der Waals surface area contributed by atoms with E-state index in [1.54, 1.807) is 10.7 Å². The third-order valence-electron chi connectivity index (χ3n) is 1.56. The molecule has 0 aliphatic heterocycles. The first-order valence-electron chi connectivity index (χ1n) is 3.61. The molecule has 0 aromatic carbocycles. The van der Waals surface area contributed by atoms with Gasteiger partial charge in [0.05, 0.1) is 0 Å². The second kappa shape index (κ2) is 2.41. The number of nitrogens with zero attached hydrogens (tertiary/aromatic N) is 4. The first kappa shape index (κ1) is 6.97. The molecule has 0 spiro atoms. The minimum absolute atomic E-state index is 0.714. The third-order valence-corrected chi connectivity index (χ3v) is 1.56. The minimum atomic E-state index is 0.714. The fraction of sp³-hybridized carbons (Fsp3) is 0.125. The average Bonchev–Trinajstić information content (AvgIpc) is 2.47. The molecule has 4 heteroatoms. The van der Waals surface area contributed by atoms with Crippen molar-refractivity contribution in [2.24, 2.45) is 0 Å². The Bertz CT molecular complexity index is 429. The van der Waals surface area contributed by atoms with E-state index in [4.69, 9.17) is 0 Å². The van der Waals surface area contributed by atoms with Crippen LogP contribution in [-0.4, -0.2) is 19.8 Å². The van der Waals surface area contributed by atoms with Gasteiger partial charge in [-0.05, 0) is 24.6 Å². The number of hydrogen-bond acceptors (Lipinski definition) is 3. The summed E-state index contributed by atoms with van der Waals surface area (Å²) in [4.78, 5) is 0. The van der Waals surface area contributed by atoms with Crippen LogP contribution in [0.15, 0.2) is 24.9 Å². The highest BCUT2D eigenvalue weighted by atomic mass is 15.4.